The van der Waals surface area contributed by atoms with Gasteiger partial charge in [-0.25, -0.2) is 13.4 Å². The molecule has 9 heteroatoms. The molecule has 0 spiro atoms. The summed E-state index contributed by atoms with van der Waals surface area (Å²) in [6.07, 6.45) is -3.63. The lowest BCUT2D eigenvalue weighted by atomic mass is 10.2. The molecule has 1 saturated heterocycles. The first-order valence-electron chi connectivity index (χ1n) is 8.32. The highest BCUT2D eigenvalue weighted by Gasteiger charge is 2.43. The first-order valence-corrected chi connectivity index (χ1v) is 10.6. The maximum atomic E-state index is 13.3. The van der Waals surface area contributed by atoms with E-state index in [0.29, 0.717) is 17.8 Å². The second-order valence-electron chi connectivity index (χ2n) is 6.29. The number of halogens is 3. The van der Waals surface area contributed by atoms with Crippen LogP contribution in [0.5, 0.6) is 0 Å². The molecule has 4 nitrogen and oxygen atoms in total. The summed E-state index contributed by atoms with van der Waals surface area (Å²) in [5.74, 6) is 0. The van der Waals surface area contributed by atoms with E-state index in [0.717, 1.165) is 26.7 Å². The molecule has 27 heavy (non-hydrogen) atoms. The molecule has 1 aliphatic heterocycles. The highest BCUT2D eigenvalue weighted by molar-refractivity contribution is 7.89. The van der Waals surface area contributed by atoms with Crippen LogP contribution >= 0.6 is 11.3 Å². The molecule has 0 radical (unpaired) electrons. The van der Waals surface area contributed by atoms with Crippen molar-refractivity contribution in [3.05, 3.63) is 59.1 Å². The molecule has 0 saturated carbocycles. The van der Waals surface area contributed by atoms with Gasteiger partial charge < -0.3 is 0 Å². The van der Waals surface area contributed by atoms with Gasteiger partial charge in [0.25, 0.3) is 0 Å². The van der Waals surface area contributed by atoms with Crippen LogP contribution in [0.1, 0.15) is 29.5 Å². The lowest BCUT2D eigenvalue weighted by Gasteiger charge is -2.24. The molecular weight excluding hydrogens is 397 g/mol. The van der Waals surface area contributed by atoms with Gasteiger partial charge in [-0.2, -0.15) is 17.5 Å². The number of nitrogens with zero attached hydrogens (tertiary/aromatic N) is 2. The first-order chi connectivity index (χ1) is 12.8. The van der Waals surface area contributed by atoms with E-state index in [1.54, 1.807) is 0 Å². The quantitative estimate of drug-likeness (QED) is 0.619. The molecule has 0 bridgehead atoms. The highest BCUT2D eigenvalue weighted by atomic mass is 32.2. The van der Waals surface area contributed by atoms with Crippen LogP contribution in [0, 0.1) is 0 Å². The van der Waals surface area contributed by atoms with Crippen LogP contribution < -0.4 is 0 Å². The Hall–Kier alpha value is -1.97. The Morgan fingerprint density at radius 1 is 1.07 bits per heavy atom. The minimum atomic E-state index is -4.74. The van der Waals surface area contributed by atoms with Crippen molar-refractivity contribution in [2.75, 3.05) is 6.54 Å². The van der Waals surface area contributed by atoms with Gasteiger partial charge in [-0.05, 0) is 37.1 Å². The zero-order chi connectivity index (χ0) is 19.2. The second-order valence-corrected chi connectivity index (χ2v) is 9.21. The smallest absolute Gasteiger partial charge is 0.239 e. The maximum Gasteiger partial charge on any atom is 0.417 e. The minimum Gasteiger partial charge on any atom is -0.239 e. The van der Waals surface area contributed by atoms with Crippen LogP contribution in [0.2, 0.25) is 0 Å². The summed E-state index contributed by atoms with van der Waals surface area (Å²) in [5, 5.41) is 0.613. The van der Waals surface area contributed by atoms with E-state index in [4.69, 9.17) is 0 Å². The van der Waals surface area contributed by atoms with Crippen molar-refractivity contribution in [1.29, 1.82) is 0 Å². The number of thiazole rings is 1. The van der Waals surface area contributed by atoms with Crippen molar-refractivity contribution >= 4 is 31.6 Å². The van der Waals surface area contributed by atoms with Crippen molar-refractivity contribution in [1.82, 2.24) is 9.29 Å². The number of aromatic nitrogens is 1. The third-order valence-electron chi connectivity index (χ3n) is 4.58. The number of sulfonamides is 1. The van der Waals surface area contributed by atoms with Crippen molar-refractivity contribution in [2.45, 2.75) is 30.0 Å². The zero-order valence-corrected chi connectivity index (χ0v) is 15.6. The molecule has 0 N–H and O–H groups in total. The lowest BCUT2D eigenvalue weighted by molar-refractivity contribution is -0.139. The Balaban J connectivity index is 1.78. The number of rotatable bonds is 3. The Labute approximate surface area is 158 Å². The second kappa shape index (κ2) is 6.57. The van der Waals surface area contributed by atoms with Gasteiger partial charge in [-0.3, -0.25) is 0 Å². The summed E-state index contributed by atoms with van der Waals surface area (Å²) in [7, 11) is -4.31. The molecule has 2 heterocycles. The summed E-state index contributed by atoms with van der Waals surface area (Å²) >= 11 is 1.38. The number of benzene rings is 2. The van der Waals surface area contributed by atoms with Gasteiger partial charge in [0.05, 0.1) is 26.7 Å². The van der Waals surface area contributed by atoms with Crippen molar-refractivity contribution in [2.24, 2.45) is 0 Å². The molecule has 1 atom stereocenters. The van der Waals surface area contributed by atoms with Gasteiger partial charge >= 0.3 is 6.18 Å². The average molecular weight is 412 g/mol. The molecule has 3 aromatic rings. The summed E-state index contributed by atoms with van der Waals surface area (Å²) in [6, 6.07) is 11.2. The van der Waals surface area contributed by atoms with Gasteiger partial charge in [0.15, 0.2) is 0 Å². The predicted octanol–water partition coefficient (Wildman–Crippen LogP) is 4.84. The third-order valence-corrected chi connectivity index (χ3v) is 7.68. The topological polar surface area (TPSA) is 50.3 Å². The van der Waals surface area contributed by atoms with Crippen molar-refractivity contribution in [3.8, 4) is 0 Å². The molecule has 1 aliphatic rings. The summed E-state index contributed by atoms with van der Waals surface area (Å²) in [5.41, 5.74) is -0.377. The van der Waals surface area contributed by atoms with Gasteiger partial charge in [-0.1, -0.05) is 24.3 Å². The zero-order valence-electron chi connectivity index (χ0n) is 14.0. The van der Waals surface area contributed by atoms with Crippen LogP contribution in [0.3, 0.4) is 0 Å². The Morgan fingerprint density at radius 2 is 1.78 bits per heavy atom. The summed E-state index contributed by atoms with van der Waals surface area (Å²) < 4.78 is 68.3. The van der Waals surface area contributed by atoms with E-state index in [9.17, 15) is 21.6 Å². The van der Waals surface area contributed by atoms with Gasteiger partial charge in [0.1, 0.15) is 5.01 Å². The van der Waals surface area contributed by atoms with E-state index in [-0.39, 0.29) is 6.54 Å². The van der Waals surface area contributed by atoms with Crippen LogP contribution in [-0.2, 0) is 16.2 Å². The van der Waals surface area contributed by atoms with E-state index >= 15 is 0 Å². The molecule has 4 rings (SSSR count). The third kappa shape index (κ3) is 3.24. The molecule has 142 valence electrons. The maximum absolute atomic E-state index is 13.3. The summed E-state index contributed by atoms with van der Waals surface area (Å²) in [6.45, 7) is 0.176. The lowest BCUT2D eigenvalue weighted by Crippen LogP contribution is -2.32. The molecule has 1 fully saturated rings. The minimum absolute atomic E-state index is 0.176. The molecule has 0 amide bonds. The average Bonchev–Trinajstić information content (AvgIpc) is 3.27. The fraction of sp³-hybridized carbons (Fsp3) is 0.278. The molecule has 0 aliphatic carbocycles. The highest BCUT2D eigenvalue weighted by Crippen LogP contribution is 2.42. The Bertz CT molecular complexity index is 1060. The predicted molar refractivity (Wildman–Crippen MR) is 96.9 cm³/mol. The van der Waals surface area contributed by atoms with Gasteiger partial charge in [0.2, 0.25) is 10.0 Å². The number of hydrogen-bond acceptors (Lipinski definition) is 4. The molecular formula is C18H15F3N2O2S2. The first kappa shape index (κ1) is 18.4. The van der Waals surface area contributed by atoms with E-state index < -0.39 is 32.7 Å². The molecule has 0 unspecified atom stereocenters. The number of hydrogen-bond donors (Lipinski definition) is 0. The van der Waals surface area contributed by atoms with Crippen LogP contribution in [0.4, 0.5) is 13.2 Å². The standard InChI is InChI=1S/C18H15F3N2O2S2/c19-18(20,21)12-6-1-4-10-16(12)27(24,25)23-11-5-8-14(23)17-22-13-7-2-3-9-15(13)26-17/h1-4,6-7,9-10,14H,5,8,11H2/t14-/m0/s1. The van der Waals surface area contributed by atoms with Gasteiger partial charge in [-0.15, -0.1) is 11.3 Å². The largest absolute Gasteiger partial charge is 0.417 e. The van der Waals surface area contributed by atoms with Crippen LogP contribution in [0.15, 0.2) is 53.4 Å². The molecule has 2 aromatic carbocycles. The van der Waals surface area contributed by atoms with Crippen LogP contribution in [-0.4, -0.2) is 24.3 Å². The number of fused-ring (bicyclic) bond motifs is 1. The number of alkyl halides is 3. The number of para-hydroxylation sites is 1. The Morgan fingerprint density at radius 3 is 2.52 bits per heavy atom. The Kier molecular flexibility index (Phi) is 4.48. The van der Waals surface area contributed by atoms with Gasteiger partial charge in [0, 0.05) is 6.54 Å². The van der Waals surface area contributed by atoms with Crippen molar-refractivity contribution in [3.63, 3.8) is 0 Å². The fourth-order valence-corrected chi connectivity index (χ4v) is 6.42. The van der Waals surface area contributed by atoms with E-state index in [1.807, 2.05) is 24.3 Å². The van der Waals surface area contributed by atoms with Crippen molar-refractivity contribution < 1.29 is 21.6 Å². The normalized spacial score (nSPS) is 19.0. The molecule has 1 aromatic heterocycles. The van der Waals surface area contributed by atoms with E-state index in [2.05, 4.69) is 4.98 Å². The fourth-order valence-electron chi connectivity index (χ4n) is 3.36. The summed E-state index contributed by atoms with van der Waals surface area (Å²) in [4.78, 5) is 3.81. The van der Waals surface area contributed by atoms with Crippen LogP contribution in [0.25, 0.3) is 10.2 Å². The monoisotopic (exact) mass is 412 g/mol. The SMILES string of the molecule is O=S(=O)(c1ccccc1C(F)(F)F)N1CCC[C@H]1c1nc2ccccc2s1. The van der Waals surface area contributed by atoms with E-state index in [1.165, 1.54) is 23.5 Å².